The van der Waals surface area contributed by atoms with Crippen molar-refractivity contribution in [2.24, 2.45) is 0 Å². The first-order valence-electron chi connectivity index (χ1n) is 6.74. The van der Waals surface area contributed by atoms with Gasteiger partial charge in [0.05, 0.1) is 8.44 Å². The molecule has 0 aromatic carbocycles. The predicted octanol–water partition coefficient (Wildman–Crippen LogP) is 3.12. The Kier molecular flexibility index (Phi) is 1.16. The van der Waals surface area contributed by atoms with Crippen LogP contribution in [-0.2, 0) is 0 Å². The summed E-state index contributed by atoms with van der Waals surface area (Å²) in [5, 5.41) is 0. The molecule has 1 aromatic rings. The third kappa shape index (κ3) is 1.86. The lowest BCUT2D eigenvalue weighted by Gasteiger charge is -2.07. The molecule has 1 aliphatic rings. The van der Waals surface area contributed by atoms with Crippen LogP contribution < -0.4 is 0 Å². The highest BCUT2D eigenvalue weighted by Gasteiger charge is 2.03. The molecule has 0 bridgehead atoms. The topological polar surface area (TPSA) is 12.9 Å². The zero-order valence-corrected chi connectivity index (χ0v) is 7.17. The Hall–Kier alpha value is -1.37. The first-order chi connectivity index (χ1) is 8.41. The second-order valence-corrected chi connectivity index (χ2v) is 2.93. The lowest BCUT2D eigenvalue weighted by molar-refractivity contribution is 1.04. The normalized spacial score (nSPS) is 22.2. The minimum absolute atomic E-state index is 0.106. The highest BCUT2D eigenvalue weighted by molar-refractivity contribution is 5.65. The molecule has 0 saturated heterocycles. The zero-order chi connectivity index (χ0) is 13.3. The number of hydrogen-bond acceptors (Lipinski definition) is 1. The van der Waals surface area contributed by atoms with E-state index in [0.717, 1.165) is 18.4 Å². The van der Waals surface area contributed by atoms with Crippen LogP contribution in [0.4, 0.5) is 0 Å². The number of rotatable bonds is 1. The van der Waals surface area contributed by atoms with Gasteiger partial charge in [-0.15, -0.1) is 0 Å². The molecule has 0 saturated carbocycles. The van der Waals surface area contributed by atoms with Gasteiger partial charge in [-0.3, -0.25) is 4.98 Å². The van der Waals surface area contributed by atoms with Gasteiger partial charge in [-0.05, 0) is 36.9 Å². The number of aryl methyl sites for hydroxylation is 1. The molecule has 0 radical (unpaired) electrons. The molecule has 0 spiro atoms. The maximum Gasteiger partial charge on any atom is 0.0661 e. The quantitative estimate of drug-likeness (QED) is 0.640. The van der Waals surface area contributed by atoms with Crippen molar-refractivity contribution in [1.82, 2.24) is 4.98 Å². The van der Waals surface area contributed by atoms with E-state index in [2.05, 4.69) is 4.98 Å². The molecule has 0 amide bonds. The van der Waals surface area contributed by atoms with Gasteiger partial charge in [0.15, 0.2) is 0 Å². The molecule has 1 aliphatic carbocycles. The average Bonchev–Trinajstić information content (AvgIpc) is 2.32. The van der Waals surface area contributed by atoms with Crippen molar-refractivity contribution in [3.8, 4) is 0 Å². The molecule has 1 heterocycles. The maximum atomic E-state index is 7.89. The predicted molar refractivity (Wildman–Crippen MR) is 55.3 cm³/mol. The Labute approximate surface area is 85.8 Å². The summed E-state index contributed by atoms with van der Waals surface area (Å²) >= 11 is 0. The maximum absolute atomic E-state index is 7.89. The summed E-state index contributed by atoms with van der Waals surface area (Å²) in [5.41, 5.74) is 1.13. The van der Waals surface area contributed by atoms with Crippen molar-refractivity contribution in [2.45, 2.75) is 19.7 Å². The average molecular weight is 176 g/mol. The van der Waals surface area contributed by atoms with E-state index in [1.165, 1.54) is 6.20 Å². The highest BCUT2D eigenvalue weighted by Crippen LogP contribution is 2.21. The van der Waals surface area contributed by atoms with E-state index in [-0.39, 0.29) is 17.6 Å². The SMILES string of the molecule is [2H]c1c(C([2H])([2H])[2H])cnc(C2=CC=CCC2)c1[2H]. The largest absolute Gasteiger partial charge is 0.256 e. The Morgan fingerprint density at radius 2 is 2.54 bits per heavy atom. The summed E-state index contributed by atoms with van der Waals surface area (Å²) in [6.07, 6.45) is 8.61. The van der Waals surface area contributed by atoms with E-state index < -0.39 is 6.85 Å². The van der Waals surface area contributed by atoms with Crippen LogP contribution in [0.15, 0.2) is 36.5 Å². The van der Waals surface area contributed by atoms with Gasteiger partial charge in [0.2, 0.25) is 0 Å². The lowest BCUT2D eigenvalue weighted by atomic mass is 10.0. The van der Waals surface area contributed by atoms with Crippen LogP contribution in [-0.4, -0.2) is 4.98 Å². The lowest BCUT2D eigenvalue weighted by Crippen LogP contribution is -1.91. The molecule has 13 heavy (non-hydrogen) atoms. The minimum Gasteiger partial charge on any atom is -0.256 e. The molecule has 1 heteroatoms. The van der Waals surface area contributed by atoms with Crippen LogP contribution >= 0.6 is 0 Å². The van der Waals surface area contributed by atoms with Crippen molar-refractivity contribution in [3.05, 3.63) is 47.8 Å². The highest BCUT2D eigenvalue weighted by atomic mass is 14.7. The molecule has 2 rings (SSSR count). The Bertz CT molecular complexity index is 528. The second-order valence-electron chi connectivity index (χ2n) is 2.93. The third-order valence-corrected chi connectivity index (χ3v) is 1.96. The fourth-order valence-corrected chi connectivity index (χ4v) is 1.28. The van der Waals surface area contributed by atoms with Gasteiger partial charge in [0, 0.05) is 10.3 Å². The van der Waals surface area contributed by atoms with Crippen LogP contribution in [0.1, 0.15) is 31.0 Å². The zero-order valence-electron chi connectivity index (χ0n) is 12.2. The van der Waals surface area contributed by atoms with Crippen molar-refractivity contribution >= 4 is 5.57 Å². The van der Waals surface area contributed by atoms with Gasteiger partial charge in [-0.2, -0.15) is 0 Å². The Morgan fingerprint density at radius 3 is 3.31 bits per heavy atom. The van der Waals surface area contributed by atoms with E-state index in [1.54, 1.807) is 0 Å². The minimum atomic E-state index is -2.39. The summed E-state index contributed by atoms with van der Waals surface area (Å²) in [4.78, 5) is 4.06. The molecule has 0 aliphatic heterocycles. The van der Waals surface area contributed by atoms with Crippen LogP contribution in [0.5, 0.6) is 0 Å². The summed E-state index contributed by atoms with van der Waals surface area (Å²) in [6, 6.07) is -0.361. The van der Waals surface area contributed by atoms with Crippen molar-refractivity contribution in [1.29, 1.82) is 0 Å². The molecule has 1 aromatic heterocycles. The first kappa shape index (κ1) is 4.23. The fourth-order valence-electron chi connectivity index (χ4n) is 1.28. The summed E-state index contributed by atoms with van der Waals surface area (Å²) in [6.45, 7) is -2.39. The molecule has 0 atom stereocenters. The van der Waals surface area contributed by atoms with Crippen LogP contribution in [0, 0.1) is 6.85 Å². The molecule has 1 nitrogen and oxygen atoms in total. The summed E-state index contributed by atoms with van der Waals surface area (Å²) in [5.74, 6) is 0. The fraction of sp³-hybridized carbons (Fsp3) is 0.250. The third-order valence-electron chi connectivity index (χ3n) is 1.96. The monoisotopic (exact) mass is 176 g/mol. The Morgan fingerprint density at radius 1 is 1.54 bits per heavy atom. The molecular formula is C12H13N. The molecule has 66 valence electrons. The smallest absolute Gasteiger partial charge is 0.0661 e. The summed E-state index contributed by atoms with van der Waals surface area (Å²) < 4.78 is 37.5. The Balaban J connectivity index is 2.50. The summed E-state index contributed by atoms with van der Waals surface area (Å²) in [7, 11) is 0. The van der Waals surface area contributed by atoms with Crippen molar-refractivity contribution in [2.75, 3.05) is 0 Å². The van der Waals surface area contributed by atoms with E-state index >= 15 is 0 Å². The standard InChI is InChI=1S/C12H13N/c1-10-7-8-12(13-9-10)11-5-3-2-4-6-11/h2-3,5,7-9H,4,6H2,1H3/i1D3,7D,8D. The molecule has 0 N–H and O–H groups in total. The van der Waals surface area contributed by atoms with Crippen LogP contribution in [0.2, 0.25) is 0 Å². The van der Waals surface area contributed by atoms with Crippen molar-refractivity contribution < 1.29 is 6.85 Å². The molecule has 0 fully saturated rings. The van der Waals surface area contributed by atoms with Gasteiger partial charge in [-0.25, -0.2) is 0 Å². The number of pyridine rings is 1. The van der Waals surface area contributed by atoms with Crippen molar-refractivity contribution in [3.63, 3.8) is 0 Å². The van der Waals surface area contributed by atoms with Crippen LogP contribution in [0.3, 0.4) is 0 Å². The second kappa shape index (κ2) is 3.56. The number of aromatic nitrogens is 1. The van der Waals surface area contributed by atoms with Gasteiger partial charge in [0.25, 0.3) is 0 Å². The van der Waals surface area contributed by atoms with Gasteiger partial charge in [0.1, 0.15) is 0 Å². The number of allylic oxidation sites excluding steroid dienone is 4. The van der Waals surface area contributed by atoms with E-state index in [1.807, 2.05) is 18.2 Å². The van der Waals surface area contributed by atoms with Gasteiger partial charge >= 0.3 is 0 Å². The molecular weight excluding hydrogens is 158 g/mol. The number of nitrogens with zero attached hydrogens (tertiary/aromatic N) is 1. The first-order valence-corrected chi connectivity index (χ1v) is 4.24. The van der Waals surface area contributed by atoms with E-state index in [9.17, 15) is 0 Å². The van der Waals surface area contributed by atoms with Crippen LogP contribution in [0.25, 0.3) is 5.57 Å². The van der Waals surface area contributed by atoms with E-state index in [0.29, 0.717) is 5.69 Å². The van der Waals surface area contributed by atoms with Gasteiger partial charge in [-0.1, -0.05) is 24.3 Å². The molecule has 0 unspecified atom stereocenters. The van der Waals surface area contributed by atoms with E-state index in [4.69, 9.17) is 6.85 Å². The number of hydrogen-bond donors (Lipinski definition) is 0. The van der Waals surface area contributed by atoms with Gasteiger partial charge < -0.3 is 0 Å².